The van der Waals surface area contributed by atoms with Gasteiger partial charge in [-0.15, -0.1) is 0 Å². The summed E-state index contributed by atoms with van der Waals surface area (Å²) >= 11 is 0. The Morgan fingerprint density at radius 3 is 3.10 bits per heavy atom. The van der Waals surface area contributed by atoms with E-state index in [1.807, 2.05) is 37.1 Å². The molecule has 1 N–H and O–H groups in total. The first-order valence-corrected chi connectivity index (χ1v) is 7.17. The van der Waals surface area contributed by atoms with Gasteiger partial charge in [-0.1, -0.05) is 0 Å². The summed E-state index contributed by atoms with van der Waals surface area (Å²) in [5.41, 5.74) is 3.64. The predicted molar refractivity (Wildman–Crippen MR) is 78.9 cm³/mol. The third-order valence-corrected chi connectivity index (χ3v) is 4.04. The third kappa shape index (κ3) is 2.24. The molecule has 1 atom stereocenters. The summed E-state index contributed by atoms with van der Waals surface area (Å²) < 4.78 is 3.69. The Morgan fingerprint density at radius 1 is 1.45 bits per heavy atom. The van der Waals surface area contributed by atoms with Gasteiger partial charge in [-0.25, -0.2) is 0 Å². The number of hydrogen-bond acceptors (Lipinski definition) is 3. The van der Waals surface area contributed by atoms with Crippen LogP contribution < -0.4 is 10.9 Å². The molecule has 0 saturated carbocycles. The number of aromatic nitrogens is 3. The Balaban J connectivity index is 1.87. The molecule has 1 aliphatic carbocycles. The Morgan fingerprint density at radius 2 is 2.30 bits per heavy atom. The van der Waals surface area contributed by atoms with E-state index in [1.165, 1.54) is 11.3 Å². The lowest BCUT2D eigenvalue weighted by Crippen LogP contribution is -2.21. The predicted octanol–water partition coefficient (Wildman–Crippen LogP) is 2.09. The van der Waals surface area contributed by atoms with Crippen LogP contribution in [0.5, 0.6) is 0 Å². The number of nitrogens with one attached hydrogen (secondary N) is 1. The quantitative estimate of drug-likeness (QED) is 0.931. The van der Waals surface area contributed by atoms with E-state index in [4.69, 9.17) is 0 Å². The van der Waals surface area contributed by atoms with Gasteiger partial charge in [0, 0.05) is 37.1 Å². The number of fused-ring (bicyclic) bond motifs is 1. The summed E-state index contributed by atoms with van der Waals surface area (Å²) in [6.45, 7) is 2.67. The van der Waals surface area contributed by atoms with E-state index in [9.17, 15) is 4.79 Å². The zero-order valence-electron chi connectivity index (χ0n) is 12.0. The van der Waals surface area contributed by atoms with Crippen LogP contribution in [0.2, 0.25) is 0 Å². The van der Waals surface area contributed by atoms with Gasteiger partial charge in [0.15, 0.2) is 0 Å². The van der Waals surface area contributed by atoms with Crippen molar-refractivity contribution in [2.75, 3.05) is 5.32 Å². The molecule has 0 saturated heterocycles. The van der Waals surface area contributed by atoms with E-state index >= 15 is 0 Å². The molecule has 2 aromatic heterocycles. The van der Waals surface area contributed by atoms with E-state index < -0.39 is 0 Å². The van der Waals surface area contributed by atoms with Gasteiger partial charge < -0.3 is 9.88 Å². The van der Waals surface area contributed by atoms with E-state index in [0.717, 1.165) is 24.9 Å². The fourth-order valence-electron chi connectivity index (χ4n) is 2.92. The second-order valence-corrected chi connectivity index (χ2v) is 5.30. The van der Waals surface area contributed by atoms with Crippen LogP contribution in [0.3, 0.4) is 0 Å². The van der Waals surface area contributed by atoms with Crippen molar-refractivity contribution in [3.8, 4) is 0 Å². The Bertz CT molecular complexity index is 671. The molecule has 2 heterocycles. The summed E-state index contributed by atoms with van der Waals surface area (Å²) in [6, 6.07) is 3.77. The fraction of sp³-hybridized carbons (Fsp3) is 0.467. The monoisotopic (exact) mass is 272 g/mol. The average molecular weight is 272 g/mol. The molecule has 0 aliphatic heterocycles. The van der Waals surface area contributed by atoms with Crippen molar-refractivity contribution in [2.45, 2.75) is 38.8 Å². The molecule has 2 aromatic rings. The van der Waals surface area contributed by atoms with Crippen LogP contribution in [0.15, 0.2) is 29.3 Å². The van der Waals surface area contributed by atoms with Crippen molar-refractivity contribution in [1.82, 2.24) is 14.3 Å². The minimum Gasteiger partial charge on any atom is -0.377 e. The molecule has 106 valence electrons. The normalized spacial score (nSPS) is 17.8. The minimum absolute atomic E-state index is 0.0451. The smallest absolute Gasteiger partial charge is 0.250 e. The van der Waals surface area contributed by atoms with Crippen LogP contribution in [0.1, 0.15) is 37.1 Å². The highest BCUT2D eigenvalue weighted by atomic mass is 16.1. The molecule has 0 aromatic carbocycles. The first-order chi connectivity index (χ1) is 9.69. The number of anilines is 1. The van der Waals surface area contributed by atoms with Crippen molar-refractivity contribution in [2.24, 2.45) is 7.05 Å². The van der Waals surface area contributed by atoms with Gasteiger partial charge in [0.25, 0.3) is 5.56 Å². The third-order valence-electron chi connectivity index (χ3n) is 4.04. The lowest BCUT2D eigenvalue weighted by atomic mass is 9.93. The van der Waals surface area contributed by atoms with Crippen LogP contribution >= 0.6 is 0 Å². The summed E-state index contributed by atoms with van der Waals surface area (Å²) in [6.07, 6.45) is 7.22. The van der Waals surface area contributed by atoms with Crippen molar-refractivity contribution in [3.05, 3.63) is 46.1 Å². The number of nitrogens with zero attached hydrogens (tertiary/aromatic N) is 3. The molecule has 1 aliphatic rings. The lowest BCUT2D eigenvalue weighted by molar-refractivity contribution is 0.570. The average Bonchev–Trinajstić information content (AvgIpc) is 2.84. The molecule has 20 heavy (non-hydrogen) atoms. The summed E-state index contributed by atoms with van der Waals surface area (Å²) in [7, 11) is 2.00. The summed E-state index contributed by atoms with van der Waals surface area (Å²) in [4.78, 5) is 11.6. The number of pyridine rings is 1. The molecule has 0 bridgehead atoms. The van der Waals surface area contributed by atoms with Gasteiger partial charge in [0.1, 0.15) is 0 Å². The van der Waals surface area contributed by atoms with Crippen LogP contribution in [0.4, 0.5) is 5.69 Å². The standard InChI is InChI=1S/C15H20N4O/c1-3-19-10-11(7-8-15(19)20)17-13-5-4-6-14-12(13)9-16-18(14)2/h7-10,13,17H,3-6H2,1-2H3. The van der Waals surface area contributed by atoms with E-state index in [2.05, 4.69) is 10.4 Å². The molecule has 0 radical (unpaired) electrons. The highest BCUT2D eigenvalue weighted by molar-refractivity contribution is 5.44. The Hall–Kier alpha value is -2.04. The van der Waals surface area contributed by atoms with Crippen molar-refractivity contribution >= 4 is 5.69 Å². The molecule has 5 nitrogen and oxygen atoms in total. The van der Waals surface area contributed by atoms with E-state index in [-0.39, 0.29) is 11.6 Å². The first kappa shape index (κ1) is 13.0. The molecule has 1 unspecified atom stereocenters. The fourth-order valence-corrected chi connectivity index (χ4v) is 2.92. The highest BCUT2D eigenvalue weighted by Crippen LogP contribution is 2.31. The molecule has 0 fully saturated rings. The molecule has 3 rings (SSSR count). The summed E-state index contributed by atoms with van der Waals surface area (Å²) in [5.74, 6) is 0. The number of aryl methyl sites for hydroxylation is 2. The van der Waals surface area contributed by atoms with Gasteiger partial charge in [0.2, 0.25) is 0 Å². The van der Waals surface area contributed by atoms with E-state index in [1.54, 1.807) is 10.6 Å². The Labute approximate surface area is 118 Å². The SMILES string of the molecule is CCn1cc(NC2CCCc3c2cnn3C)ccc1=O. The second kappa shape index (κ2) is 5.15. The maximum Gasteiger partial charge on any atom is 0.250 e. The second-order valence-electron chi connectivity index (χ2n) is 5.30. The zero-order valence-corrected chi connectivity index (χ0v) is 12.0. The molecular formula is C15H20N4O. The molecule has 0 spiro atoms. The van der Waals surface area contributed by atoms with Crippen LogP contribution in [-0.4, -0.2) is 14.3 Å². The number of hydrogen-bond donors (Lipinski definition) is 1. The maximum absolute atomic E-state index is 11.6. The molecule has 5 heteroatoms. The van der Waals surface area contributed by atoms with Crippen molar-refractivity contribution < 1.29 is 0 Å². The van der Waals surface area contributed by atoms with Gasteiger partial charge in [-0.05, 0) is 32.3 Å². The van der Waals surface area contributed by atoms with Crippen molar-refractivity contribution in [1.29, 1.82) is 0 Å². The van der Waals surface area contributed by atoms with Crippen LogP contribution in [0, 0.1) is 0 Å². The van der Waals surface area contributed by atoms with Crippen LogP contribution in [-0.2, 0) is 20.0 Å². The number of rotatable bonds is 3. The zero-order chi connectivity index (χ0) is 14.1. The lowest BCUT2D eigenvalue weighted by Gasteiger charge is -2.25. The topological polar surface area (TPSA) is 51.9 Å². The van der Waals surface area contributed by atoms with Crippen LogP contribution in [0.25, 0.3) is 0 Å². The van der Waals surface area contributed by atoms with Gasteiger partial charge in [-0.3, -0.25) is 9.48 Å². The maximum atomic E-state index is 11.6. The molecule has 0 amide bonds. The van der Waals surface area contributed by atoms with Crippen molar-refractivity contribution in [3.63, 3.8) is 0 Å². The largest absolute Gasteiger partial charge is 0.377 e. The summed E-state index contributed by atoms with van der Waals surface area (Å²) in [5, 5.41) is 7.90. The first-order valence-electron chi connectivity index (χ1n) is 7.17. The molecular weight excluding hydrogens is 252 g/mol. The van der Waals surface area contributed by atoms with E-state index in [0.29, 0.717) is 6.54 Å². The van der Waals surface area contributed by atoms with Gasteiger partial charge >= 0.3 is 0 Å². The highest BCUT2D eigenvalue weighted by Gasteiger charge is 2.23. The Kier molecular flexibility index (Phi) is 3.34. The van der Waals surface area contributed by atoms with Gasteiger partial charge in [-0.2, -0.15) is 5.10 Å². The van der Waals surface area contributed by atoms with Gasteiger partial charge in [0.05, 0.1) is 17.9 Å². The minimum atomic E-state index is 0.0451.